The molecule has 12 nitrogen and oxygen atoms in total. The smallest absolute Gasteiger partial charge is 0.188 e. The first kappa shape index (κ1) is 54.8. The Morgan fingerprint density at radius 3 is 2.45 bits per heavy atom. The summed E-state index contributed by atoms with van der Waals surface area (Å²) in [6, 6.07) is 11.5. The highest BCUT2D eigenvalue weighted by atomic mass is 16.5. The number of aliphatic imine (C=N–C) groups is 1. The number of hydrogen-bond donors (Lipinski definition) is 7. The first-order valence-electron chi connectivity index (χ1n) is 29.8. The second kappa shape index (κ2) is 23.5. The van der Waals surface area contributed by atoms with Crippen molar-refractivity contribution in [2.24, 2.45) is 63.0 Å². The van der Waals surface area contributed by atoms with Crippen LogP contribution in [0.2, 0.25) is 0 Å². The van der Waals surface area contributed by atoms with E-state index < -0.39 is 18.3 Å². The molecule has 13 rings (SSSR count). The highest BCUT2D eigenvalue weighted by Crippen LogP contribution is 2.62. The van der Waals surface area contributed by atoms with Gasteiger partial charge in [0, 0.05) is 62.4 Å². The Labute approximate surface area is 453 Å². The third-order valence-electron chi connectivity index (χ3n) is 20.2. The van der Waals surface area contributed by atoms with Crippen LogP contribution in [0.5, 0.6) is 28.7 Å². The molecule has 6 heterocycles. The van der Waals surface area contributed by atoms with E-state index in [0.717, 1.165) is 124 Å². The molecule has 2 spiro atoms. The highest BCUT2D eigenvalue weighted by Gasteiger charge is 2.56. The molecule has 3 aromatic rings. The largest absolute Gasteiger partial charge is 0.508 e. The van der Waals surface area contributed by atoms with E-state index >= 15 is 0 Å². The number of fused-ring (bicyclic) bond motifs is 2. The molecule has 12 unspecified atom stereocenters. The van der Waals surface area contributed by atoms with Crippen molar-refractivity contribution in [3.05, 3.63) is 76.4 Å². The summed E-state index contributed by atoms with van der Waals surface area (Å²) < 4.78 is 26.3. The van der Waals surface area contributed by atoms with Gasteiger partial charge in [0.05, 0.1) is 19.3 Å². The number of phenols is 2. The fraction of sp³-hybridized carbons (Fsp3) is 0.672. The van der Waals surface area contributed by atoms with Crippen molar-refractivity contribution in [1.29, 1.82) is 0 Å². The number of benzene rings is 3. The summed E-state index contributed by atoms with van der Waals surface area (Å²) in [7, 11) is 1.73. The number of nitrogens with two attached hydrogens (primary N) is 1. The van der Waals surface area contributed by atoms with Crippen molar-refractivity contribution in [1.82, 2.24) is 5.32 Å². The molecule has 3 aromatic carbocycles. The average Bonchev–Trinajstić information content (AvgIpc) is 3.78. The Bertz CT molecular complexity index is 2560. The maximum absolute atomic E-state index is 12.7. The van der Waals surface area contributed by atoms with Crippen LogP contribution in [0.15, 0.2) is 53.5 Å². The summed E-state index contributed by atoms with van der Waals surface area (Å²) in [5.41, 5.74) is 13.5. The molecule has 0 radical (unpaired) electrons. The van der Waals surface area contributed by atoms with Crippen molar-refractivity contribution in [2.45, 2.75) is 180 Å². The van der Waals surface area contributed by atoms with Gasteiger partial charge in [-0.25, -0.2) is 0 Å². The second-order valence-corrected chi connectivity index (χ2v) is 25.2. The van der Waals surface area contributed by atoms with Gasteiger partial charge in [0.25, 0.3) is 0 Å². The molecule has 1 saturated heterocycles. The third kappa shape index (κ3) is 11.0. The molecular weight excluding hydrogens is 955 g/mol. The molecule has 6 aliphatic heterocycles. The molecule has 4 aliphatic carbocycles. The van der Waals surface area contributed by atoms with E-state index in [1.165, 1.54) is 12.8 Å². The van der Waals surface area contributed by atoms with E-state index in [1.807, 2.05) is 24.3 Å². The number of aromatic hydroxyl groups is 2. The van der Waals surface area contributed by atoms with E-state index in [9.17, 15) is 25.5 Å². The molecule has 2 saturated carbocycles. The van der Waals surface area contributed by atoms with Crippen molar-refractivity contribution in [3.8, 4) is 39.9 Å². The lowest BCUT2D eigenvalue weighted by Gasteiger charge is -2.49. The van der Waals surface area contributed by atoms with Gasteiger partial charge in [-0.1, -0.05) is 78.0 Å². The lowest BCUT2D eigenvalue weighted by atomic mass is 9.58. The Balaban J connectivity index is 1.09. The van der Waals surface area contributed by atoms with Gasteiger partial charge in [0.2, 0.25) is 0 Å². The molecule has 0 amide bonds. The number of aliphatic hydroxyl groups excluding tert-OH is 3. The topological polar surface area (TPSA) is 188 Å². The van der Waals surface area contributed by atoms with Crippen molar-refractivity contribution >= 4 is 5.96 Å². The van der Waals surface area contributed by atoms with Crippen LogP contribution in [-0.4, -0.2) is 89.8 Å². The molecule has 0 aromatic heterocycles. The summed E-state index contributed by atoms with van der Waals surface area (Å²) in [4.78, 5) is 5.16. The molecule has 76 heavy (non-hydrogen) atoms. The van der Waals surface area contributed by atoms with Gasteiger partial charge in [-0.2, -0.15) is 0 Å². The Morgan fingerprint density at radius 1 is 0.868 bits per heavy atom. The first-order chi connectivity index (χ1) is 36.7. The number of methoxy groups -OCH3 is 1. The zero-order chi connectivity index (χ0) is 53.3. The Morgan fingerprint density at radius 2 is 1.67 bits per heavy atom. The number of phenolic OH excluding ortho intramolecular Hbond substituents is 2. The molecule has 12 atom stereocenters. The lowest BCUT2D eigenvalue weighted by molar-refractivity contribution is -0.0675. The van der Waals surface area contributed by atoms with Gasteiger partial charge in [0.15, 0.2) is 17.5 Å². The molecular formula is C64H91N3O9. The molecule has 12 heteroatoms. The predicted octanol–water partition coefficient (Wildman–Crippen LogP) is 11.2. The van der Waals surface area contributed by atoms with E-state index in [4.69, 9.17) is 29.7 Å². The maximum atomic E-state index is 12.7. The first-order valence-corrected chi connectivity index (χ1v) is 29.8. The molecule has 3 fully saturated rings. The van der Waals surface area contributed by atoms with Crippen LogP contribution >= 0.6 is 0 Å². The van der Waals surface area contributed by atoms with Crippen LogP contribution < -0.4 is 25.3 Å². The van der Waals surface area contributed by atoms with Crippen LogP contribution in [0, 0.1) is 52.3 Å². The number of aliphatic hydroxyl groups is 3. The summed E-state index contributed by atoms with van der Waals surface area (Å²) >= 11 is 0. The fourth-order valence-corrected chi connectivity index (χ4v) is 16.2. The van der Waals surface area contributed by atoms with Crippen LogP contribution in [0.3, 0.4) is 0 Å². The highest BCUT2D eigenvalue weighted by molar-refractivity contribution is 5.84. The zero-order valence-corrected chi connectivity index (χ0v) is 46.4. The molecule has 416 valence electrons. The minimum atomic E-state index is -0.916. The number of guanidine groups is 1. The van der Waals surface area contributed by atoms with Crippen LogP contribution in [-0.2, 0) is 24.0 Å². The Hall–Kier alpha value is -4.49. The normalized spacial score (nSPS) is 31.7. The molecule has 8 bridgehead atoms. The summed E-state index contributed by atoms with van der Waals surface area (Å²) in [5, 5.41) is 62.4. The van der Waals surface area contributed by atoms with E-state index in [-0.39, 0.29) is 58.9 Å². The minimum Gasteiger partial charge on any atom is -0.508 e. The second-order valence-electron chi connectivity index (χ2n) is 25.2. The number of ether oxygens (including phenoxy) is 4. The quantitative estimate of drug-likeness (QED) is 0.0798. The maximum Gasteiger partial charge on any atom is 0.188 e. The summed E-state index contributed by atoms with van der Waals surface area (Å²) in [5.74, 6) is 3.87. The van der Waals surface area contributed by atoms with Gasteiger partial charge in [-0.05, 0) is 188 Å². The van der Waals surface area contributed by atoms with Gasteiger partial charge in [0.1, 0.15) is 29.5 Å². The summed E-state index contributed by atoms with van der Waals surface area (Å²) in [6.07, 6.45) is 19.6. The van der Waals surface area contributed by atoms with E-state index in [2.05, 4.69) is 51.2 Å². The van der Waals surface area contributed by atoms with Crippen molar-refractivity contribution in [2.75, 3.05) is 40.0 Å². The van der Waals surface area contributed by atoms with Crippen molar-refractivity contribution < 1.29 is 44.5 Å². The monoisotopic (exact) mass is 1050 g/mol. The van der Waals surface area contributed by atoms with Crippen molar-refractivity contribution in [3.63, 3.8) is 0 Å². The number of rotatable bonds is 9. The van der Waals surface area contributed by atoms with Crippen LogP contribution in [0.4, 0.5) is 0 Å². The van der Waals surface area contributed by atoms with Gasteiger partial charge < -0.3 is 55.5 Å². The van der Waals surface area contributed by atoms with Crippen LogP contribution in [0.1, 0.15) is 170 Å². The van der Waals surface area contributed by atoms with E-state index in [1.54, 1.807) is 13.2 Å². The van der Waals surface area contributed by atoms with E-state index in [0.29, 0.717) is 97.5 Å². The SMILES string of the molecule is CCCCCC(C)C1CC2C=CC1CC(O)CC1(CCCC13CCOCC3)CN=C(N)NCCC1C(CO)CCCC1Oc1cc(ccc1O)C1Oc3cc(OC)c4c(c3CC1O)C2Cc1cc(O)c(CC(C)C)cc1-4. The lowest BCUT2D eigenvalue weighted by Crippen LogP contribution is -2.47. The summed E-state index contributed by atoms with van der Waals surface area (Å²) in [6.45, 7) is 11.7. The van der Waals surface area contributed by atoms with Gasteiger partial charge >= 0.3 is 0 Å². The average molecular weight is 1050 g/mol. The number of hydrogen-bond acceptors (Lipinski definition) is 12. The third-order valence-corrected chi connectivity index (χ3v) is 20.2. The van der Waals surface area contributed by atoms with Crippen LogP contribution in [0.25, 0.3) is 11.1 Å². The molecule has 10 aliphatic rings. The Kier molecular flexibility index (Phi) is 16.9. The number of nitrogens with one attached hydrogen (secondary N) is 1. The van der Waals surface area contributed by atoms with Gasteiger partial charge in [-0.15, -0.1) is 0 Å². The standard InChI is InChI=1S/C64H91N3O9/c1-6-7-8-11-39(4)48-28-41-15-14-40(48)27-46(69)35-64(20-10-19-63(64)21-24-74-25-22-63)37-67-62(65)66-23-18-47-43(36-68)12-9-13-55(47)75-57-32-42(16-17-52(57)70)61-54(72)33-51-56(76-61)34-58(73-5)60-50-30-45(26-38(2)3)53(71)31-44(50)29-49(41)59(51)60/h14-17,30-32,34,38-41,43,46-49,54-55,61,68-72H,6-13,18-29,33,35-37H2,1-5H3,(H3,65,66,67). The number of unbranched alkanes of at least 4 members (excludes halogenated alkanes) is 2. The number of nitrogens with zero attached hydrogens (tertiary/aromatic N) is 1. The van der Waals surface area contributed by atoms with Gasteiger partial charge in [-0.3, -0.25) is 4.99 Å². The molecule has 8 N–H and O–H groups in total. The fourth-order valence-electron chi connectivity index (χ4n) is 16.2. The number of allylic oxidation sites excluding steroid dienone is 2. The predicted molar refractivity (Wildman–Crippen MR) is 299 cm³/mol. The minimum absolute atomic E-state index is 0.00741. The zero-order valence-electron chi connectivity index (χ0n) is 46.4.